The molecule has 1 aromatic heterocycles. The van der Waals surface area contributed by atoms with Crippen LogP contribution in [0.15, 0.2) is 35.5 Å². The number of carbonyl (C=O) groups excluding carboxylic acids is 1. The standard InChI is InChI=1S/C16H18ClN3O4S/c17-13-9-18-8-11-2-1-3-14(16(11)13)25(23,24)20-6-4-12(10-20)19-15(22)5-7-21/h1-3,8-9,12,21H,4-7,10H2,(H,19,22)/t12-/m0/s1. The summed E-state index contributed by atoms with van der Waals surface area (Å²) in [6.07, 6.45) is 3.53. The zero-order valence-electron chi connectivity index (χ0n) is 13.4. The lowest BCUT2D eigenvalue weighted by Crippen LogP contribution is -2.38. The SMILES string of the molecule is O=C(CCO)N[C@H]1CCN(S(=O)(=O)c2cccc3cncc(Cl)c23)C1. The molecule has 0 radical (unpaired) electrons. The topological polar surface area (TPSA) is 99.6 Å². The number of hydrogen-bond acceptors (Lipinski definition) is 5. The molecule has 1 amide bonds. The number of fused-ring (bicyclic) bond motifs is 1. The monoisotopic (exact) mass is 383 g/mol. The molecule has 134 valence electrons. The van der Waals surface area contributed by atoms with Gasteiger partial charge in [-0.15, -0.1) is 0 Å². The van der Waals surface area contributed by atoms with E-state index in [9.17, 15) is 13.2 Å². The summed E-state index contributed by atoms with van der Waals surface area (Å²) in [7, 11) is -3.75. The number of nitrogens with zero attached hydrogens (tertiary/aromatic N) is 2. The molecular weight excluding hydrogens is 366 g/mol. The Balaban J connectivity index is 1.87. The number of nitrogens with one attached hydrogen (secondary N) is 1. The summed E-state index contributed by atoms with van der Waals surface area (Å²) in [4.78, 5) is 15.7. The Kier molecular flexibility index (Phi) is 5.24. The number of aromatic nitrogens is 1. The van der Waals surface area contributed by atoms with Gasteiger partial charge >= 0.3 is 0 Å². The van der Waals surface area contributed by atoms with Crippen molar-refractivity contribution in [3.8, 4) is 0 Å². The Morgan fingerprint density at radius 1 is 1.40 bits per heavy atom. The first-order valence-electron chi connectivity index (χ1n) is 7.86. The molecule has 0 unspecified atom stereocenters. The smallest absolute Gasteiger partial charge is 0.243 e. The number of halogens is 1. The second kappa shape index (κ2) is 7.25. The Bertz CT molecular complexity index is 898. The van der Waals surface area contributed by atoms with Crippen molar-refractivity contribution in [2.75, 3.05) is 19.7 Å². The Labute approximate surface area is 150 Å². The van der Waals surface area contributed by atoms with E-state index in [1.54, 1.807) is 18.3 Å². The number of carbonyl (C=O) groups is 1. The number of aliphatic hydroxyl groups excluding tert-OH is 1. The molecule has 2 heterocycles. The Morgan fingerprint density at radius 2 is 2.20 bits per heavy atom. The number of hydrogen-bond donors (Lipinski definition) is 2. The summed E-state index contributed by atoms with van der Waals surface area (Å²) in [6.45, 7) is 0.271. The molecule has 1 atom stereocenters. The van der Waals surface area contributed by atoms with E-state index in [0.717, 1.165) is 0 Å². The Morgan fingerprint density at radius 3 is 2.96 bits per heavy atom. The van der Waals surface area contributed by atoms with Crippen molar-refractivity contribution >= 4 is 38.3 Å². The summed E-state index contributed by atoms with van der Waals surface area (Å²) in [5, 5.41) is 12.9. The summed E-state index contributed by atoms with van der Waals surface area (Å²) in [5.74, 6) is -0.286. The van der Waals surface area contributed by atoms with Crippen LogP contribution in [-0.2, 0) is 14.8 Å². The summed E-state index contributed by atoms with van der Waals surface area (Å²) >= 11 is 6.18. The zero-order chi connectivity index (χ0) is 18.0. The van der Waals surface area contributed by atoms with Gasteiger partial charge in [-0.3, -0.25) is 9.78 Å². The number of aliphatic hydroxyl groups is 1. The van der Waals surface area contributed by atoms with Gasteiger partial charge in [0.05, 0.1) is 16.5 Å². The minimum Gasteiger partial charge on any atom is -0.396 e. The third-order valence-electron chi connectivity index (χ3n) is 4.17. The van der Waals surface area contributed by atoms with Crippen LogP contribution in [0.25, 0.3) is 10.8 Å². The van der Waals surface area contributed by atoms with Gasteiger partial charge in [0.2, 0.25) is 15.9 Å². The molecule has 1 fully saturated rings. The van der Waals surface area contributed by atoms with Crippen molar-refractivity contribution in [2.24, 2.45) is 0 Å². The highest BCUT2D eigenvalue weighted by atomic mass is 35.5. The van der Waals surface area contributed by atoms with E-state index in [1.807, 2.05) is 0 Å². The first-order valence-corrected chi connectivity index (χ1v) is 9.68. The van der Waals surface area contributed by atoms with Crippen LogP contribution in [0.5, 0.6) is 0 Å². The second-order valence-corrected chi connectivity index (χ2v) is 8.18. The van der Waals surface area contributed by atoms with E-state index in [1.165, 1.54) is 16.6 Å². The molecule has 0 bridgehead atoms. The third-order valence-corrected chi connectivity index (χ3v) is 6.37. The van der Waals surface area contributed by atoms with Crippen molar-refractivity contribution in [3.63, 3.8) is 0 Å². The first-order chi connectivity index (χ1) is 11.9. The van der Waals surface area contributed by atoms with Gasteiger partial charge in [-0.2, -0.15) is 4.31 Å². The number of rotatable bonds is 5. The van der Waals surface area contributed by atoms with Crippen molar-refractivity contribution < 1.29 is 18.3 Å². The molecule has 1 aliphatic rings. The fourth-order valence-electron chi connectivity index (χ4n) is 2.98. The summed E-state index contributed by atoms with van der Waals surface area (Å²) < 4.78 is 27.5. The second-order valence-electron chi connectivity index (χ2n) is 5.87. The van der Waals surface area contributed by atoms with Crippen molar-refractivity contribution in [1.82, 2.24) is 14.6 Å². The molecule has 2 aromatic rings. The van der Waals surface area contributed by atoms with Gasteiger partial charge in [-0.25, -0.2) is 8.42 Å². The molecule has 0 spiro atoms. The summed E-state index contributed by atoms with van der Waals surface area (Å²) in [5.41, 5.74) is 0. The molecule has 3 rings (SSSR count). The van der Waals surface area contributed by atoms with Crippen LogP contribution < -0.4 is 5.32 Å². The van der Waals surface area contributed by atoms with Gasteiger partial charge in [0, 0.05) is 48.7 Å². The number of amides is 1. The molecule has 1 aliphatic heterocycles. The molecular formula is C16H18ClN3O4S. The van der Waals surface area contributed by atoms with E-state index in [4.69, 9.17) is 16.7 Å². The van der Waals surface area contributed by atoms with E-state index in [2.05, 4.69) is 10.3 Å². The highest BCUT2D eigenvalue weighted by molar-refractivity contribution is 7.89. The van der Waals surface area contributed by atoms with E-state index < -0.39 is 10.0 Å². The van der Waals surface area contributed by atoms with Crippen LogP contribution in [0.1, 0.15) is 12.8 Å². The predicted molar refractivity (Wildman–Crippen MR) is 93.8 cm³/mol. The van der Waals surface area contributed by atoms with E-state index in [0.29, 0.717) is 23.7 Å². The molecule has 25 heavy (non-hydrogen) atoms. The summed E-state index contributed by atoms with van der Waals surface area (Å²) in [6, 6.07) is 4.68. The molecule has 7 nitrogen and oxygen atoms in total. The third kappa shape index (κ3) is 3.62. The van der Waals surface area contributed by atoms with Crippen LogP contribution in [0.2, 0.25) is 5.02 Å². The number of sulfonamides is 1. The normalized spacial score (nSPS) is 18.6. The van der Waals surface area contributed by atoms with Crippen molar-refractivity contribution in [2.45, 2.75) is 23.8 Å². The van der Waals surface area contributed by atoms with Gasteiger partial charge in [0.1, 0.15) is 0 Å². The highest BCUT2D eigenvalue weighted by Gasteiger charge is 2.34. The minimum atomic E-state index is -3.75. The quantitative estimate of drug-likeness (QED) is 0.806. The van der Waals surface area contributed by atoms with Crippen LogP contribution in [0.4, 0.5) is 0 Å². The molecule has 0 saturated carbocycles. The van der Waals surface area contributed by atoms with Gasteiger partial charge in [0.25, 0.3) is 0 Å². The fraction of sp³-hybridized carbons (Fsp3) is 0.375. The van der Waals surface area contributed by atoms with Gasteiger partial charge in [-0.1, -0.05) is 23.7 Å². The van der Waals surface area contributed by atoms with E-state index in [-0.39, 0.29) is 41.4 Å². The number of pyridine rings is 1. The molecule has 9 heteroatoms. The average molecular weight is 384 g/mol. The highest BCUT2D eigenvalue weighted by Crippen LogP contribution is 2.32. The van der Waals surface area contributed by atoms with Crippen LogP contribution in [-0.4, -0.2) is 54.5 Å². The van der Waals surface area contributed by atoms with E-state index >= 15 is 0 Å². The molecule has 1 saturated heterocycles. The molecule has 0 aliphatic carbocycles. The largest absolute Gasteiger partial charge is 0.396 e. The van der Waals surface area contributed by atoms with Crippen LogP contribution in [0.3, 0.4) is 0 Å². The Hall–Kier alpha value is -1.74. The predicted octanol–water partition coefficient (Wildman–Crippen LogP) is 1.15. The fourth-order valence-corrected chi connectivity index (χ4v) is 5.04. The van der Waals surface area contributed by atoms with Gasteiger partial charge in [0.15, 0.2) is 0 Å². The van der Waals surface area contributed by atoms with Gasteiger partial charge < -0.3 is 10.4 Å². The van der Waals surface area contributed by atoms with Crippen molar-refractivity contribution in [3.05, 3.63) is 35.6 Å². The lowest BCUT2D eigenvalue weighted by atomic mass is 10.2. The lowest BCUT2D eigenvalue weighted by Gasteiger charge is -2.18. The van der Waals surface area contributed by atoms with Crippen molar-refractivity contribution in [1.29, 1.82) is 0 Å². The zero-order valence-corrected chi connectivity index (χ0v) is 14.9. The van der Waals surface area contributed by atoms with Crippen LogP contribution in [0, 0.1) is 0 Å². The average Bonchev–Trinajstić information content (AvgIpc) is 3.04. The van der Waals surface area contributed by atoms with Gasteiger partial charge in [-0.05, 0) is 12.5 Å². The maximum atomic E-state index is 13.1. The first kappa shape index (κ1) is 18.1. The molecule has 1 aromatic carbocycles. The maximum absolute atomic E-state index is 13.1. The van der Waals surface area contributed by atoms with Crippen LogP contribution >= 0.6 is 11.6 Å². The minimum absolute atomic E-state index is 0.00911. The number of benzene rings is 1. The molecule has 2 N–H and O–H groups in total. The lowest BCUT2D eigenvalue weighted by molar-refractivity contribution is -0.122. The maximum Gasteiger partial charge on any atom is 0.243 e.